The Balaban J connectivity index is 4.70. The van der Waals surface area contributed by atoms with Gasteiger partial charge in [0.25, 0.3) is 0 Å². The maximum Gasteiger partial charge on any atom is 0.217 e. The highest BCUT2D eigenvalue weighted by molar-refractivity contribution is 5.89. The molecule has 0 fully saturated rings. The van der Waals surface area contributed by atoms with E-state index < -0.39 is 0 Å². The van der Waals surface area contributed by atoms with Crippen molar-refractivity contribution in [1.29, 1.82) is 0 Å². The van der Waals surface area contributed by atoms with Gasteiger partial charge in [0.1, 0.15) is 0 Å². The zero-order chi connectivity index (χ0) is 12.0. The van der Waals surface area contributed by atoms with Gasteiger partial charge in [-0.15, -0.1) is 0 Å². The molecule has 3 heteroatoms. The van der Waals surface area contributed by atoms with E-state index in [9.17, 15) is 9.59 Å². The lowest BCUT2D eigenvalue weighted by atomic mass is 9.87. The van der Waals surface area contributed by atoms with E-state index in [4.69, 9.17) is 0 Å². The minimum absolute atomic E-state index is 0.0255. The normalized spacial score (nSPS) is 13.0. The third kappa shape index (κ3) is 4.45. The van der Waals surface area contributed by atoms with Gasteiger partial charge in [0.2, 0.25) is 5.91 Å². The number of nitrogens with one attached hydrogen (secondary N) is 1. The van der Waals surface area contributed by atoms with Crippen LogP contribution in [0.2, 0.25) is 0 Å². The lowest BCUT2D eigenvalue weighted by Gasteiger charge is -2.26. The third-order valence-electron chi connectivity index (χ3n) is 2.75. The van der Waals surface area contributed by atoms with E-state index in [1.54, 1.807) is 0 Å². The molecule has 1 N–H and O–H groups in total. The van der Waals surface area contributed by atoms with Crippen molar-refractivity contribution in [3.05, 3.63) is 0 Å². The van der Waals surface area contributed by atoms with E-state index in [-0.39, 0.29) is 29.6 Å². The average Bonchev–Trinajstić information content (AvgIpc) is 2.16. The van der Waals surface area contributed by atoms with Gasteiger partial charge in [0, 0.05) is 12.8 Å². The zero-order valence-corrected chi connectivity index (χ0v) is 10.5. The molecule has 15 heavy (non-hydrogen) atoms. The molecule has 88 valence electrons. The Morgan fingerprint density at radius 1 is 1.13 bits per heavy atom. The minimum atomic E-state index is -0.308. The van der Waals surface area contributed by atoms with E-state index >= 15 is 0 Å². The predicted molar refractivity (Wildman–Crippen MR) is 61.5 cm³/mol. The van der Waals surface area contributed by atoms with Gasteiger partial charge < -0.3 is 5.32 Å². The van der Waals surface area contributed by atoms with Crippen LogP contribution in [0.5, 0.6) is 0 Å². The third-order valence-corrected chi connectivity index (χ3v) is 2.75. The van der Waals surface area contributed by atoms with Crippen LogP contribution in [-0.4, -0.2) is 17.7 Å². The molecule has 1 unspecified atom stereocenters. The van der Waals surface area contributed by atoms with E-state index in [1.165, 1.54) is 6.92 Å². The Kier molecular flexibility index (Phi) is 6.21. The van der Waals surface area contributed by atoms with Crippen molar-refractivity contribution in [2.45, 2.75) is 53.5 Å². The highest BCUT2D eigenvalue weighted by Gasteiger charge is 2.28. The lowest BCUT2D eigenvalue weighted by molar-refractivity contribution is -0.130. The van der Waals surface area contributed by atoms with Crippen LogP contribution in [0.3, 0.4) is 0 Å². The second-order valence-corrected chi connectivity index (χ2v) is 4.31. The molecule has 0 aliphatic carbocycles. The fourth-order valence-electron chi connectivity index (χ4n) is 1.76. The second-order valence-electron chi connectivity index (χ2n) is 4.31. The van der Waals surface area contributed by atoms with Crippen LogP contribution in [0.4, 0.5) is 0 Å². The summed E-state index contributed by atoms with van der Waals surface area (Å²) in [5.41, 5.74) is 0. The predicted octanol–water partition coefficient (Wildman–Crippen LogP) is 2.15. The van der Waals surface area contributed by atoms with Crippen LogP contribution >= 0.6 is 0 Å². The molecule has 3 nitrogen and oxygen atoms in total. The molecule has 0 heterocycles. The maximum atomic E-state index is 11.9. The Morgan fingerprint density at radius 3 is 1.87 bits per heavy atom. The smallest absolute Gasteiger partial charge is 0.217 e. The van der Waals surface area contributed by atoms with Crippen molar-refractivity contribution < 1.29 is 9.59 Å². The molecule has 0 saturated heterocycles. The van der Waals surface area contributed by atoms with Crippen LogP contribution in [0.15, 0.2) is 0 Å². The topological polar surface area (TPSA) is 46.2 Å². The van der Waals surface area contributed by atoms with Crippen LogP contribution in [0, 0.1) is 11.8 Å². The summed E-state index contributed by atoms with van der Waals surface area (Å²) < 4.78 is 0. The monoisotopic (exact) mass is 213 g/mol. The Hall–Kier alpha value is -0.860. The van der Waals surface area contributed by atoms with Crippen LogP contribution in [0.1, 0.15) is 47.5 Å². The van der Waals surface area contributed by atoms with Crippen LogP contribution in [-0.2, 0) is 9.59 Å². The molecule has 0 spiro atoms. The van der Waals surface area contributed by atoms with Gasteiger partial charge in [-0.25, -0.2) is 0 Å². The first-order valence-electron chi connectivity index (χ1n) is 5.74. The van der Waals surface area contributed by atoms with Crippen molar-refractivity contribution in [1.82, 2.24) is 5.32 Å². The second kappa shape index (κ2) is 6.59. The van der Waals surface area contributed by atoms with Crippen molar-refractivity contribution in [3.63, 3.8) is 0 Å². The molecule has 0 aromatic rings. The minimum Gasteiger partial charge on any atom is -0.346 e. The van der Waals surface area contributed by atoms with Gasteiger partial charge >= 0.3 is 0 Å². The SMILES string of the molecule is CCC(CC)C(NC(C)=O)C(=O)C(C)C. The maximum absolute atomic E-state index is 11.9. The number of carbonyl (C=O) groups is 2. The average molecular weight is 213 g/mol. The molecule has 0 aliphatic heterocycles. The summed E-state index contributed by atoms with van der Waals surface area (Å²) in [6, 6.07) is -0.308. The van der Waals surface area contributed by atoms with Crippen LogP contribution in [0.25, 0.3) is 0 Å². The van der Waals surface area contributed by atoms with Gasteiger partial charge in [0.15, 0.2) is 5.78 Å². The first kappa shape index (κ1) is 14.1. The van der Waals surface area contributed by atoms with Crippen molar-refractivity contribution in [2.75, 3.05) is 0 Å². The number of Topliss-reactive ketones (excluding diaryl/α,β-unsaturated/α-hetero) is 1. The largest absolute Gasteiger partial charge is 0.346 e. The van der Waals surface area contributed by atoms with Gasteiger partial charge in [0.05, 0.1) is 6.04 Å². The molecule has 1 amide bonds. The summed E-state index contributed by atoms with van der Waals surface area (Å²) in [5, 5.41) is 2.77. The molecule has 0 aliphatic rings. The van der Waals surface area contributed by atoms with Crippen LogP contribution < -0.4 is 5.32 Å². The summed E-state index contributed by atoms with van der Waals surface area (Å²) in [6.45, 7) is 9.31. The number of ketones is 1. The number of hydrogen-bond acceptors (Lipinski definition) is 2. The first-order chi connectivity index (χ1) is 6.93. The lowest BCUT2D eigenvalue weighted by Crippen LogP contribution is -2.46. The van der Waals surface area contributed by atoms with Crippen molar-refractivity contribution in [3.8, 4) is 0 Å². The highest BCUT2D eigenvalue weighted by Crippen LogP contribution is 2.17. The summed E-state index contributed by atoms with van der Waals surface area (Å²) in [7, 11) is 0. The van der Waals surface area contributed by atoms with Crippen molar-refractivity contribution in [2.24, 2.45) is 11.8 Å². The number of amides is 1. The van der Waals surface area contributed by atoms with Gasteiger partial charge in [-0.3, -0.25) is 9.59 Å². The summed E-state index contributed by atoms with van der Waals surface area (Å²) in [5.74, 6) is 0.242. The zero-order valence-electron chi connectivity index (χ0n) is 10.5. The Morgan fingerprint density at radius 2 is 1.60 bits per heavy atom. The molecule has 1 atom stereocenters. The molecular weight excluding hydrogens is 190 g/mol. The van der Waals surface area contributed by atoms with E-state index in [2.05, 4.69) is 19.2 Å². The van der Waals surface area contributed by atoms with E-state index in [0.717, 1.165) is 12.8 Å². The Labute approximate surface area is 92.6 Å². The quantitative estimate of drug-likeness (QED) is 0.735. The van der Waals surface area contributed by atoms with Gasteiger partial charge in [-0.2, -0.15) is 0 Å². The summed E-state index contributed by atoms with van der Waals surface area (Å²) in [6.07, 6.45) is 1.83. The van der Waals surface area contributed by atoms with E-state index in [0.29, 0.717) is 0 Å². The van der Waals surface area contributed by atoms with Gasteiger partial charge in [-0.1, -0.05) is 40.5 Å². The first-order valence-corrected chi connectivity index (χ1v) is 5.74. The fraction of sp³-hybridized carbons (Fsp3) is 0.833. The highest BCUT2D eigenvalue weighted by atomic mass is 16.2. The molecular formula is C12H23NO2. The molecule has 0 rings (SSSR count). The summed E-state index contributed by atoms with van der Waals surface area (Å²) >= 11 is 0. The molecule has 0 aromatic heterocycles. The molecule has 0 bridgehead atoms. The number of carbonyl (C=O) groups excluding carboxylic acids is 2. The number of rotatable bonds is 6. The molecule has 0 aromatic carbocycles. The molecule has 0 radical (unpaired) electrons. The Bertz CT molecular complexity index is 220. The fourth-order valence-corrected chi connectivity index (χ4v) is 1.76. The van der Waals surface area contributed by atoms with Gasteiger partial charge in [-0.05, 0) is 5.92 Å². The standard InChI is InChI=1S/C12H23NO2/c1-6-10(7-2)11(13-9(5)14)12(15)8(3)4/h8,10-11H,6-7H2,1-5H3,(H,13,14). The van der Waals surface area contributed by atoms with Crippen molar-refractivity contribution >= 4 is 11.7 Å². The van der Waals surface area contributed by atoms with E-state index in [1.807, 2.05) is 13.8 Å². The number of hydrogen-bond donors (Lipinski definition) is 1. The molecule has 0 saturated carbocycles. The summed E-state index contributed by atoms with van der Waals surface area (Å²) in [4.78, 5) is 23.0.